The number of anilines is 1. The Hall–Kier alpha value is -3.06. The van der Waals surface area contributed by atoms with Crippen LogP contribution in [-0.2, 0) is 27.5 Å². The molecule has 7 nitrogen and oxygen atoms in total. The predicted molar refractivity (Wildman–Crippen MR) is 109 cm³/mol. The molecular weight excluding hydrogens is 372 g/mol. The zero-order valence-electron chi connectivity index (χ0n) is 17.1. The van der Waals surface area contributed by atoms with Crippen LogP contribution in [0.15, 0.2) is 42.5 Å². The molecule has 0 radical (unpaired) electrons. The number of amides is 2. The number of hydrogen-bond acceptors (Lipinski definition) is 5. The molecule has 0 bridgehead atoms. The van der Waals surface area contributed by atoms with Gasteiger partial charge in [0.1, 0.15) is 23.1 Å². The first kappa shape index (κ1) is 20.7. The molecular formula is C22H26N2O5. The van der Waals surface area contributed by atoms with E-state index in [9.17, 15) is 9.59 Å². The summed E-state index contributed by atoms with van der Waals surface area (Å²) in [6.07, 6.45) is -0.636. The number of carbonyl (C=O) groups excluding carboxylic acids is 2. The van der Waals surface area contributed by atoms with Crippen LogP contribution in [0.4, 0.5) is 10.5 Å². The second-order valence-corrected chi connectivity index (χ2v) is 7.87. The van der Waals surface area contributed by atoms with Crippen LogP contribution in [-0.4, -0.2) is 23.6 Å². The van der Waals surface area contributed by atoms with Crippen molar-refractivity contribution in [3.8, 4) is 11.5 Å². The van der Waals surface area contributed by atoms with Gasteiger partial charge in [-0.05, 0) is 63.6 Å². The highest BCUT2D eigenvalue weighted by Crippen LogP contribution is 2.32. The molecule has 154 valence electrons. The molecule has 2 amide bonds. The summed E-state index contributed by atoms with van der Waals surface area (Å²) in [4.78, 5) is 24.1. The number of hydrogen-bond donors (Lipinski definition) is 2. The summed E-state index contributed by atoms with van der Waals surface area (Å²) in [6.45, 7) is 8.02. The van der Waals surface area contributed by atoms with Crippen molar-refractivity contribution in [1.29, 1.82) is 0 Å². The Bertz CT molecular complexity index is 887. The third-order valence-corrected chi connectivity index (χ3v) is 4.21. The van der Waals surface area contributed by atoms with Gasteiger partial charge in [0.25, 0.3) is 0 Å². The highest BCUT2D eigenvalue weighted by atomic mass is 16.6. The molecule has 2 aromatic rings. The topological polar surface area (TPSA) is 85.9 Å². The molecule has 0 saturated carbocycles. The van der Waals surface area contributed by atoms with Gasteiger partial charge in [0.05, 0.1) is 13.2 Å². The van der Waals surface area contributed by atoms with Crippen LogP contribution in [0, 0.1) is 0 Å². The zero-order valence-corrected chi connectivity index (χ0v) is 17.1. The van der Waals surface area contributed by atoms with Crippen LogP contribution in [0.3, 0.4) is 0 Å². The first-order chi connectivity index (χ1) is 13.7. The van der Waals surface area contributed by atoms with Crippen LogP contribution < -0.4 is 15.4 Å². The van der Waals surface area contributed by atoms with E-state index in [1.165, 1.54) is 0 Å². The number of carbonyl (C=O) groups is 2. The summed E-state index contributed by atoms with van der Waals surface area (Å²) < 4.78 is 16.6. The Morgan fingerprint density at radius 3 is 2.48 bits per heavy atom. The average molecular weight is 398 g/mol. The maximum Gasteiger partial charge on any atom is 0.408 e. The molecule has 7 heteroatoms. The molecule has 0 spiro atoms. The predicted octanol–water partition coefficient (Wildman–Crippen LogP) is 4.36. The van der Waals surface area contributed by atoms with E-state index in [-0.39, 0.29) is 5.91 Å². The highest BCUT2D eigenvalue weighted by Gasteiger charge is 2.21. The molecule has 1 heterocycles. The highest BCUT2D eigenvalue weighted by molar-refractivity contribution is 5.96. The maximum atomic E-state index is 12.3. The second-order valence-electron chi connectivity index (χ2n) is 7.87. The fourth-order valence-corrected chi connectivity index (χ4v) is 2.80. The Morgan fingerprint density at radius 1 is 1.07 bits per heavy atom. The first-order valence-electron chi connectivity index (χ1n) is 9.48. The lowest BCUT2D eigenvalue weighted by Gasteiger charge is -2.21. The van der Waals surface area contributed by atoms with Gasteiger partial charge in [-0.1, -0.05) is 12.1 Å². The van der Waals surface area contributed by atoms with Crippen molar-refractivity contribution >= 4 is 17.7 Å². The number of benzene rings is 2. The number of nitrogens with one attached hydrogen (secondary N) is 2. The van der Waals surface area contributed by atoms with Crippen LogP contribution in [0.25, 0.3) is 0 Å². The fourth-order valence-electron chi connectivity index (χ4n) is 2.80. The third kappa shape index (κ3) is 5.71. The summed E-state index contributed by atoms with van der Waals surface area (Å²) in [5.74, 6) is 1.08. The first-order valence-corrected chi connectivity index (χ1v) is 9.48. The lowest BCUT2D eigenvalue weighted by Crippen LogP contribution is -2.43. The molecule has 0 fully saturated rings. The Balaban J connectivity index is 1.56. The van der Waals surface area contributed by atoms with E-state index in [1.807, 2.05) is 18.2 Å². The standard InChI is InChI=1S/C22H26N2O5/c1-14(23-21(26)29-22(2,3)4)20(25)24-16-8-10-17(11-9-16)28-19-7-5-6-15-12-27-13-18(15)19/h5-11,14H,12-13H2,1-4H3,(H,23,26)(H,24,25)/t14-/m1/s1. The lowest BCUT2D eigenvalue weighted by atomic mass is 10.1. The van der Waals surface area contributed by atoms with Gasteiger partial charge < -0.3 is 24.8 Å². The quantitative estimate of drug-likeness (QED) is 0.782. The van der Waals surface area contributed by atoms with E-state index in [4.69, 9.17) is 14.2 Å². The number of fused-ring (bicyclic) bond motifs is 1. The van der Waals surface area contributed by atoms with Gasteiger partial charge in [-0.2, -0.15) is 0 Å². The molecule has 2 aromatic carbocycles. The van der Waals surface area contributed by atoms with Crippen molar-refractivity contribution in [2.45, 2.75) is 52.6 Å². The van der Waals surface area contributed by atoms with E-state index in [2.05, 4.69) is 10.6 Å². The fraction of sp³-hybridized carbons (Fsp3) is 0.364. The third-order valence-electron chi connectivity index (χ3n) is 4.21. The summed E-state index contributed by atoms with van der Waals surface area (Å²) >= 11 is 0. The average Bonchev–Trinajstić information content (AvgIpc) is 3.11. The Morgan fingerprint density at radius 2 is 1.79 bits per heavy atom. The molecule has 0 saturated heterocycles. The molecule has 0 aliphatic carbocycles. The smallest absolute Gasteiger partial charge is 0.408 e. The maximum absolute atomic E-state index is 12.3. The van der Waals surface area contributed by atoms with Crippen LogP contribution in [0.1, 0.15) is 38.8 Å². The van der Waals surface area contributed by atoms with Crippen molar-refractivity contribution in [2.75, 3.05) is 5.32 Å². The molecule has 2 N–H and O–H groups in total. The SMILES string of the molecule is C[C@@H](NC(=O)OC(C)(C)C)C(=O)Nc1ccc(Oc2cccc3c2COC3)cc1. The zero-order chi connectivity index (χ0) is 21.0. The van der Waals surface area contributed by atoms with Gasteiger partial charge in [-0.25, -0.2) is 4.79 Å². The van der Waals surface area contributed by atoms with E-state index in [0.29, 0.717) is 24.7 Å². The van der Waals surface area contributed by atoms with Crippen molar-refractivity contribution < 1.29 is 23.8 Å². The summed E-state index contributed by atoms with van der Waals surface area (Å²) in [5.41, 5.74) is 2.17. The minimum atomic E-state index is -0.743. The van der Waals surface area contributed by atoms with Crippen molar-refractivity contribution in [1.82, 2.24) is 5.32 Å². The number of rotatable bonds is 5. The van der Waals surface area contributed by atoms with E-state index >= 15 is 0 Å². The van der Waals surface area contributed by atoms with Crippen LogP contribution >= 0.6 is 0 Å². The minimum Gasteiger partial charge on any atom is -0.457 e. The summed E-state index contributed by atoms with van der Waals surface area (Å²) in [7, 11) is 0. The molecule has 0 aromatic heterocycles. The van der Waals surface area contributed by atoms with Gasteiger partial charge >= 0.3 is 6.09 Å². The largest absolute Gasteiger partial charge is 0.457 e. The molecule has 3 rings (SSSR count). The number of alkyl carbamates (subject to hydrolysis) is 1. The molecule has 1 aliphatic heterocycles. The van der Waals surface area contributed by atoms with Crippen molar-refractivity contribution in [3.63, 3.8) is 0 Å². The Kier molecular flexibility index (Phi) is 6.08. The second kappa shape index (κ2) is 8.53. The summed E-state index contributed by atoms with van der Waals surface area (Å²) in [6, 6.07) is 12.2. The van der Waals surface area contributed by atoms with Gasteiger partial charge in [-0.3, -0.25) is 4.79 Å². The van der Waals surface area contributed by atoms with Crippen LogP contribution in [0.5, 0.6) is 11.5 Å². The molecule has 1 aliphatic rings. The normalized spacial score (nSPS) is 13.9. The number of ether oxygens (including phenoxy) is 3. The van der Waals surface area contributed by atoms with Gasteiger partial charge in [-0.15, -0.1) is 0 Å². The molecule has 29 heavy (non-hydrogen) atoms. The Labute approximate surface area is 170 Å². The monoisotopic (exact) mass is 398 g/mol. The minimum absolute atomic E-state index is 0.345. The molecule has 1 atom stereocenters. The van der Waals surface area contributed by atoms with Crippen molar-refractivity contribution in [3.05, 3.63) is 53.6 Å². The lowest BCUT2D eigenvalue weighted by molar-refractivity contribution is -0.117. The molecule has 0 unspecified atom stereocenters. The van der Waals surface area contributed by atoms with E-state index in [0.717, 1.165) is 16.9 Å². The van der Waals surface area contributed by atoms with Crippen molar-refractivity contribution in [2.24, 2.45) is 0 Å². The van der Waals surface area contributed by atoms with Gasteiger partial charge in [0, 0.05) is 11.3 Å². The van der Waals surface area contributed by atoms with E-state index in [1.54, 1.807) is 52.0 Å². The van der Waals surface area contributed by atoms with Crippen LogP contribution in [0.2, 0.25) is 0 Å². The summed E-state index contributed by atoms with van der Waals surface area (Å²) in [5, 5.41) is 5.27. The van der Waals surface area contributed by atoms with Gasteiger partial charge in [0.15, 0.2) is 0 Å². The van der Waals surface area contributed by atoms with E-state index < -0.39 is 17.7 Å². The van der Waals surface area contributed by atoms with Gasteiger partial charge in [0.2, 0.25) is 5.91 Å².